The van der Waals surface area contributed by atoms with E-state index < -0.39 is 10.4 Å². The summed E-state index contributed by atoms with van der Waals surface area (Å²) in [6, 6.07) is 0. The molecule has 0 aliphatic heterocycles. The number of Topliss-reactive ketones (excluding diaryl/α,β-unsaturated/α-hetero) is 1. The van der Waals surface area contributed by atoms with Crippen LogP contribution in [0.25, 0.3) is 0 Å². The van der Waals surface area contributed by atoms with Crippen molar-refractivity contribution in [1.29, 1.82) is 0 Å². The summed E-state index contributed by atoms with van der Waals surface area (Å²) >= 11 is 0. The third-order valence-corrected chi connectivity index (χ3v) is 9.88. The molecule has 1 N–H and O–H groups in total. The van der Waals surface area contributed by atoms with Gasteiger partial charge in [0.2, 0.25) is 0 Å². The highest BCUT2D eigenvalue weighted by Gasteiger charge is 2.60. The molecular weight excluding hydrogens is 364 g/mol. The lowest BCUT2D eigenvalue weighted by atomic mass is 9.44. The summed E-state index contributed by atoms with van der Waals surface area (Å²) in [6.07, 6.45) is 8.92. The number of carbonyl (C=O) groups is 1. The Morgan fingerprint density at radius 3 is 2.30 bits per heavy atom. The number of hydrogen-bond donors (Lipinski definition) is 1. The summed E-state index contributed by atoms with van der Waals surface area (Å²) in [5.74, 6) is 3.12. The van der Waals surface area contributed by atoms with E-state index in [-0.39, 0.29) is 22.9 Å². The van der Waals surface area contributed by atoms with Crippen molar-refractivity contribution in [3.63, 3.8) is 0 Å². The Morgan fingerprint density at radius 1 is 0.963 bits per heavy atom. The van der Waals surface area contributed by atoms with Crippen LogP contribution in [0.4, 0.5) is 0 Å². The van der Waals surface area contributed by atoms with Crippen molar-refractivity contribution in [2.75, 3.05) is 0 Å². The van der Waals surface area contributed by atoms with Gasteiger partial charge in [0.1, 0.15) is 5.78 Å². The largest absolute Gasteiger partial charge is 0.397 e. The van der Waals surface area contributed by atoms with Gasteiger partial charge in [-0.3, -0.25) is 9.35 Å². The van der Waals surface area contributed by atoms with Crippen molar-refractivity contribution in [2.45, 2.75) is 84.7 Å². The van der Waals surface area contributed by atoms with Gasteiger partial charge in [0.05, 0.1) is 6.10 Å². The molecular formula is C21H34O5S. The Kier molecular flexibility index (Phi) is 4.80. The van der Waals surface area contributed by atoms with Crippen LogP contribution in [0.3, 0.4) is 0 Å². The van der Waals surface area contributed by atoms with Crippen molar-refractivity contribution in [3.05, 3.63) is 0 Å². The molecule has 0 aromatic carbocycles. The van der Waals surface area contributed by atoms with Gasteiger partial charge in [-0.25, -0.2) is 4.18 Å². The molecule has 4 fully saturated rings. The number of rotatable bonds is 3. The topological polar surface area (TPSA) is 80.7 Å². The van der Waals surface area contributed by atoms with Crippen LogP contribution in [0.5, 0.6) is 0 Å². The van der Waals surface area contributed by atoms with E-state index >= 15 is 0 Å². The van der Waals surface area contributed by atoms with E-state index in [1.54, 1.807) is 6.92 Å². The van der Waals surface area contributed by atoms with Crippen molar-refractivity contribution >= 4 is 16.2 Å². The first-order chi connectivity index (χ1) is 12.5. The molecule has 4 aliphatic rings. The summed E-state index contributed by atoms with van der Waals surface area (Å²) in [5, 5.41) is 0. The first-order valence-corrected chi connectivity index (χ1v) is 12.1. The van der Waals surface area contributed by atoms with Gasteiger partial charge in [-0.15, -0.1) is 0 Å². The van der Waals surface area contributed by atoms with Gasteiger partial charge in [-0.1, -0.05) is 13.8 Å². The van der Waals surface area contributed by atoms with Crippen molar-refractivity contribution in [2.24, 2.45) is 40.4 Å². The van der Waals surface area contributed by atoms with Crippen LogP contribution in [0.2, 0.25) is 0 Å². The first kappa shape index (κ1) is 19.8. The molecule has 4 aliphatic carbocycles. The summed E-state index contributed by atoms with van der Waals surface area (Å²) in [7, 11) is -4.37. The Morgan fingerprint density at radius 2 is 1.63 bits per heavy atom. The fraction of sp³-hybridized carbons (Fsp3) is 0.952. The summed E-state index contributed by atoms with van der Waals surface area (Å²) in [6.45, 7) is 6.57. The molecule has 1 unspecified atom stereocenters. The molecule has 27 heavy (non-hydrogen) atoms. The third-order valence-electron chi connectivity index (χ3n) is 9.37. The highest BCUT2D eigenvalue weighted by Crippen LogP contribution is 2.67. The highest BCUT2D eigenvalue weighted by molar-refractivity contribution is 7.80. The molecule has 5 nitrogen and oxygen atoms in total. The number of ketones is 1. The molecule has 0 aromatic rings. The van der Waals surface area contributed by atoms with E-state index in [0.717, 1.165) is 32.1 Å². The van der Waals surface area contributed by atoms with Gasteiger partial charge in [0, 0.05) is 5.92 Å². The summed E-state index contributed by atoms with van der Waals surface area (Å²) in [4.78, 5) is 12.2. The van der Waals surface area contributed by atoms with Gasteiger partial charge in [0.25, 0.3) is 0 Å². The minimum Gasteiger partial charge on any atom is -0.300 e. The van der Waals surface area contributed by atoms with E-state index in [0.29, 0.717) is 35.9 Å². The molecule has 8 atom stereocenters. The molecule has 0 amide bonds. The monoisotopic (exact) mass is 398 g/mol. The van der Waals surface area contributed by atoms with Crippen LogP contribution in [0, 0.1) is 40.4 Å². The molecule has 0 heterocycles. The van der Waals surface area contributed by atoms with Gasteiger partial charge >= 0.3 is 10.4 Å². The third kappa shape index (κ3) is 3.20. The lowest BCUT2D eigenvalue weighted by Gasteiger charge is -2.61. The standard InChI is InChI=1S/C21H34O5S/c1-13(22)17-6-7-18-16-5-4-14-12-15(26-27(23,24)25)8-10-20(14,2)19(16)9-11-21(17,18)3/h14-19H,4-12H2,1-3H3,(H,23,24,25)/t14?,15-,16-,17+,18-,19-,20-,21+/m0/s1. The minimum absolute atomic E-state index is 0.182. The normalized spacial score (nSPS) is 49.8. The summed E-state index contributed by atoms with van der Waals surface area (Å²) in [5.41, 5.74) is 0.416. The van der Waals surface area contributed by atoms with E-state index in [9.17, 15) is 13.2 Å². The van der Waals surface area contributed by atoms with E-state index in [2.05, 4.69) is 13.8 Å². The SMILES string of the molecule is CC(=O)[C@H]1CC[C@H]2[C@@H]3CCC4C[C@@H](OS(=O)(=O)O)CC[C@]4(C)[C@H]3CC[C@]12C. The molecule has 6 heteroatoms. The molecule has 0 radical (unpaired) electrons. The fourth-order valence-electron chi connectivity index (χ4n) is 8.15. The number of carbonyl (C=O) groups excluding carboxylic acids is 1. The highest BCUT2D eigenvalue weighted by atomic mass is 32.3. The average molecular weight is 399 g/mol. The van der Waals surface area contributed by atoms with Crippen LogP contribution in [-0.4, -0.2) is 24.9 Å². The van der Waals surface area contributed by atoms with Crippen molar-refractivity contribution in [3.8, 4) is 0 Å². The van der Waals surface area contributed by atoms with Crippen LogP contribution in [0.1, 0.15) is 78.6 Å². The quantitative estimate of drug-likeness (QED) is 0.712. The molecule has 0 saturated heterocycles. The molecule has 4 saturated carbocycles. The van der Waals surface area contributed by atoms with Gasteiger partial charge in [-0.2, -0.15) is 8.42 Å². The fourth-order valence-corrected chi connectivity index (χ4v) is 8.66. The Bertz CT molecular complexity index is 718. The summed E-state index contributed by atoms with van der Waals surface area (Å²) < 4.78 is 36.2. The second kappa shape index (κ2) is 6.53. The van der Waals surface area contributed by atoms with Crippen molar-refractivity contribution < 1.29 is 21.9 Å². The Balaban J connectivity index is 1.53. The van der Waals surface area contributed by atoms with Gasteiger partial charge in [-0.05, 0) is 99.2 Å². The number of hydrogen-bond acceptors (Lipinski definition) is 4. The van der Waals surface area contributed by atoms with Crippen LogP contribution < -0.4 is 0 Å². The lowest BCUT2D eigenvalue weighted by Crippen LogP contribution is -2.54. The molecule has 0 aromatic heterocycles. The molecule has 4 rings (SSSR count). The van der Waals surface area contributed by atoms with E-state index in [1.165, 1.54) is 19.3 Å². The zero-order chi connectivity index (χ0) is 19.6. The maximum absolute atomic E-state index is 12.2. The predicted molar refractivity (Wildman–Crippen MR) is 102 cm³/mol. The maximum Gasteiger partial charge on any atom is 0.397 e. The second-order valence-corrected chi connectivity index (χ2v) is 11.4. The van der Waals surface area contributed by atoms with Crippen molar-refractivity contribution in [1.82, 2.24) is 0 Å². The molecule has 0 spiro atoms. The first-order valence-electron chi connectivity index (χ1n) is 10.7. The maximum atomic E-state index is 12.2. The van der Waals surface area contributed by atoms with Crippen LogP contribution in [0.15, 0.2) is 0 Å². The van der Waals surface area contributed by atoms with Gasteiger partial charge in [0.15, 0.2) is 0 Å². The van der Waals surface area contributed by atoms with Crippen LogP contribution in [-0.2, 0) is 19.4 Å². The zero-order valence-electron chi connectivity index (χ0n) is 16.8. The van der Waals surface area contributed by atoms with E-state index in [1.807, 2.05) is 0 Å². The average Bonchev–Trinajstić information content (AvgIpc) is 2.91. The molecule has 154 valence electrons. The number of fused-ring (bicyclic) bond motifs is 5. The Hall–Kier alpha value is -0.460. The zero-order valence-corrected chi connectivity index (χ0v) is 17.6. The lowest BCUT2D eigenvalue weighted by molar-refractivity contribution is -0.137. The van der Waals surface area contributed by atoms with E-state index in [4.69, 9.17) is 8.74 Å². The molecule has 0 bridgehead atoms. The smallest absolute Gasteiger partial charge is 0.300 e. The van der Waals surface area contributed by atoms with Gasteiger partial charge < -0.3 is 0 Å². The second-order valence-electron chi connectivity index (χ2n) is 10.4. The van der Waals surface area contributed by atoms with Crippen LogP contribution >= 0.6 is 0 Å². The predicted octanol–water partition coefficient (Wildman–Crippen LogP) is 4.42. The Labute approximate surface area is 163 Å². The minimum atomic E-state index is -4.37.